The fourth-order valence-corrected chi connectivity index (χ4v) is 4.04. The number of rotatable bonds is 10. The molecule has 34 heavy (non-hydrogen) atoms. The molecule has 0 aliphatic heterocycles. The number of primary amides is 1. The van der Waals surface area contributed by atoms with Gasteiger partial charge in [0.25, 0.3) is 5.91 Å². The molecule has 2 heterocycles. The van der Waals surface area contributed by atoms with E-state index in [0.717, 1.165) is 11.3 Å². The Kier molecular flexibility index (Phi) is 7.58. The Bertz CT molecular complexity index is 1190. The number of hydrogen-bond donors (Lipinski definition) is 3. The highest BCUT2D eigenvalue weighted by atomic mass is 32.1. The molecule has 3 aromatic rings. The molecule has 0 radical (unpaired) electrons. The molecule has 0 saturated carbocycles. The van der Waals surface area contributed by atoms with E-state index >= 15 is 0 Å². The average molecular weight is 491 g/mol. The first-order valence-electron chi connectivity index (χ1n) is 10.0. The van der Waals surface area contributed by atoms with E-state index in [1.165, 1.54) is 49.3 Å². The molecule has 0 saturated heterocycles. The van der Waals surface area contributed by atoms with Crippen molar-refractivity contribution < 1.29 is 28.0 Å². The summed E-state index contributed by atoms with van der Waals surface area (Å²) in [6.07, 6.45) is 0. The number of nitrogen functional groups attached to an aromatic ring is 1. The summed E-state index contributed by atoms with van der Waals surface area (Å²) < 4.78 is 23.4. The number of thiazole rings is 1. The molecule has 0 bridgehead atoms. The number of amides is 2. The maximum Gasteiger partial charge on any atom is 0.273 e. The lowest BCUT2D eigenvalue weighted by molar-refractivity contribution is -0.118. The van der Waals surface area contributed by atoms with Crippen LogP contribution in [0, 0.1) is 5.82 Å². The van der Waals surface area contributed by atoms with Gasteiger partial charge >= 0.3 is 0 Å². The Balaban J connectivity index is 1.89. The Morgan fingerprint density at radius 3 is 2.56 bits per heavy atom. The highest BCUT2D eigenvalue weighted by molar-refractivity contribution is 7.18. The third kappa shape index (κ3) is 5.38. The second-order valence-corrected chi connectivity index (χ2v) is 8.35. The number of methoxy groups -OCH3 is 1. The van der Waals surface area contributed by atoms with E-state index in [4.69, 9.17) is 20.7 Å². The topological polar surface area (TPSA) is 167 Å². The molecule has 0 fully saturated rings. The van der Waals surface area contributed by atoms with Crippen molar-refractivity contribution in [3.8, 4) is 0 Å². The summed E-state index contributed by atoms with van der Waals surface area (Å²) in [5.74, 6) is -2.66. The smallest absolute Gasteiger partial charge is 0.273 e. The van der Waals surface area contributed by atoms with Gasteiger partial charge in [0, 0.05) is 24.9 Å². The van der Waals surface area contributed by atoms with Gasteiger partial charge in [-0.1, -0.05) is 16.5 Å². The van der Waals surface area contributed by atoms with Gasteiger partial charge in [0.2, 0.25) is 17.5 Å². The second kappa shape index (κ2) is 10.4. The summed E-state index contributed by atoms with van der Waals surface area (Å²) in [7, 11) is 1.50. The quantitative estimate of drug-likeness (QED) is 0.359. The number of aromatic nitrogens is 2. The number of nitrogens with one attached hydrogen (secondary N) is 1. The number of nitrogens with two attached hydrogens (primary N) is 2. The minimum Gasteiger partial charge on any atom is -0.383 e. The Labute approximate surface area is 197 Å². The highest BCUT2D eigenvalue weighted by Crippen LogP contribution is 2.36. The molecular formula is C21H23FN6O5S. The van der Waals surface area contributed by atoms with E-state index < -0.39 is 29.5 Å². The van der Waals surface area contributed by atoms with Crippen molar-refractivity contribution in [3.63, 3.8) is 0 Å². The van der Waals surface area contributed by atoms with Crippen molar-refractivity contribution in [3.05, 3.63) is 52.5 Å². The van der Waals surface area contributed by atoms with Gasteiger partial charge < -0.3 is 30.9 Å². The summed E-state index contributed by atoms with van der Waals surface area (Å²) in [5.41, 5.74) is 11.8. The molecule has 1 aromatic carbocycles. The zero-order chi connectivity index (χ0) is 25.0. The van der Waals surface area contributed by atoms with Gasteiger partial charge in [0.1, 0.15) is 22.6 Å². The van der Waals surface area contributed by atoms with Gasteiger partial charge in [-0.15, -0.1) is 0 Å². The summed E-state index contributed by atoms with van der Waals surface area (Å²) in [6, 6.07) is 5.35. The monoisotopic (exact) mass is 490 g/mol. The lowest BCUT2D eigenvalue weighted by Crippen LogP contribution is -2.39. The molecule has 2 unspecified atom stereocenters. The molecule has 3 rings (SSSR count). The van der Waals surface area contributed by atoms with Crippen LogP contribution in [0.1, 0.15) is 39.8 Å². The Morgan fingerprint density at radius 1 is 1.26 bits per heavy atom. The van der Waals surface area contributed by atoms with Gasteiger partial charge in [-0.25, -0.2) is 9.37 Å². The zero-order valence-corrected chi connectivity index (χ0v) is 19.4. The van der Waals surface area contributed by atoms with Crippen LogP contribution in [0.4, 0.5) is 21.0 Å². The van der Waals surface area contributed by atoms with Crippen molar-refractivity contribution in [2.45, 2.75) is 25.9 Å². The van der Waals surface area contributed by atoms with E-state index in [1.807, 2.05) is 0 Å². The van der Waals surface area contributed by atoms with Gasteiger partial charge in [-0.3, -0.25) is 14.4 Å². The molecule has 2 atom stereocenters. The predicted octanol–water partition coefficient (Wildman–Crippen LogP) is 1.86. The summed E-state index contributed by atoms with van der Waals surface area (Å²) >= 11 is 0.884. The maximum absolute atomic E-state index is 13.4. The van der Waals surface area contributed by atoms with Gasteiger partial charge in [0.05, 0.1) is 6.61 Å². The molecular weight excluding hydrogens is 467 g/mol. The van der Waals surface area contributed by atoms with Crippen molar-refractivity contribution >= 4 is 45.6 Å². The summed E-state index contributed by atoms with van der Waals surface area (Å²) in [6.45, 7) is 3.58. The van der Waals surface area contributed by atoms with Crippen LogP contribution in [0.15, 0.2) is 34.9 Å². The van der Waals surface area contributed by atoms with E-state index in [0.29, 0.717) is 12.3 Å². The third-order valence-corrected chi connectivity index (χ3v) is 5.79. The number of anilines is 3. The molecule has 5 N–H and O–H groups in total. The normalized spacial score (nSPS) is 12.7. The van der Waals surface area contributed by atoms with Gasteiger partial charge in [-0.2, -0.15) is 0 Å². The number of hydrogen-bond acceptors (Lipinski definition) is 10. The minimum absolute atomic E-state index is 0.00893. The van der Waals surface area contributed by atoms with Crippen molar-refractivity contribution in [1.82, 2.24) is 15.5 Å². The number of carbonyl (C=O) groups excluding carboxylic acids is 3. The third-order valence-electron chi connectivity index (χ3n) is 4.72. The van der Waals surface area contributed by atoms with Crippen LogP contribution in [0.25, 0.3) is 0 Å². The second-order valence-electron chi connectivity index (χ2n) is 7.37. The SMILES string of the molecule is COCC(C)NC(=O)c1cc(C(=O)c2sc(N(c3ccc(F)cc3)C(C)C(N)=O)nc2N)on1. The maximum atomic E-state index is 13.4. The van der Waals surface area contributed by atoms with Crippen LogP contribution >= 0.6 is 11.3 Å². The Hall–Kier alpha value is -3.84. The summed E-state index contributed by atoms with van der Waals surface area (Å²) in [5, 5.41) is 6.48. The molecule has 13 heteroatoms. The van der Waals surface area contributed by atoms with Crippen LogP contribution < -0.4 is 21.7 Å². The zero-order valence-electron chi connectivity index (χ0n) is 18.6. The number of ketones is 1. The number of carbonyl (C=O) groups is 3. The van der Waals surface area contributed by atoms with Crippen LogP contribution in [-0.4, -0.2) is 53.5 Å². The lowest BCUT2D eigenvalue weighted by atomic mass is 10.2. The van der Waals surface area contributed by atoms with Gasteiger partial charge in [0.15, 0.2) is 10.8 Å². The molecule has 0 spiro atoms. The van der Waals surface area contributed by atoms with Crippen LogP contribution in [0.2, 0.25) is 0 Å². The number of benzene rings is 1. The average Bonchev–Trinajstić information content (AvgIpc) is 3.42. The van der Waals surface area contributed by atoms with E-state index in [-0.39, 0.29) is 33.3 Å². The van der Waals surface area contributed by atoms with Crippen molar-refractivity contribution in [1.29, 1.82) is 0 Å². The van der Waals surface area contributed by atoms with E-state index in [9.17, 15) is 18.8 Å². The lowest BCUT2D eigenvalue weighted by Gasteiger charge is -2.26. The minimum atomic E-state index is -0.881. The first kappa shape index (κ1) is 24.8. The van der Waals surface area contributed by atoms with E-state index in [1.54, 1.807) is 6.92 Å². The number of nitrogens with zero attached hydrogens (tertiary/aromatic N) is 3. The molecule has 0 aliphatic carbocycles. The van der Waals surface area contributed by atoms with Crippen LogP contribution in [0.3, 0.4) is 0 Å². The number of ether oxygens (including phenoxy) is 1. The standard InChI is InChI=1S/C21H23FN6O5S/c1-10(9-32-3)25-20(31)14-8-15(33-27-14)16(29)17-18(23)26-21(34-17)28(11(2)19(24)30)13-6-4-12(22)5-7-13/h4-8,10-11H,9,23H2,1-3H3,(H2,24,30)(H,25,31). The predicted molar refractivity (Wildman–Crippen MR) is 122 cm³/mol. The highest BCUT2D eigenvalue weighted by Gasteiger charge is 2.29. The molecule has 2 aromatic heterocycles. The van der Waals surface area contributed by atoms with Crippen molar-refractivity contribution in [2.75, 3.05) is 24.4 Å². The fourth-order valence-electron chi connectivity index (χ4n) is 3.01. The first-order valence-corrected chi connectivity index (χ1v) is 10.9. The summed E-state index contributed by atoms with van der Waals surface area (Å²) in [4.78, 5) is 42.8. The van der Waals surface area contributed by atoms with Crippen molar-refractivity contribution in [2.24, 2.45) is 5.73 Å². The molecule has 2 amide bonds. The molecule has 180 valence electrons. The molecule has 0 aliphatic rings. The van der Waals surface area contributed by atoms with Gasteiger partial charge in [-0.05, 0) is 38.1 Å². The number of halogens is 1. The van der Waals surface area contributed by atoms with Crippen LogP contribution in [0.5, 0.6) is 0 Å². The van der Waals surface area contributed by atoms with E-state index in [2.05, 4.69) is 15.5 Å². The fraction of sp³-hybridized carbons (Fsp3) is 0.286. The largest absolute Gasteiger partial charge is 0.383 e. The first-order chi connectivity index (χ1) is 16.1. The molecule has 11 nitrogen and oxygen atoms in total. The Morgan fingerprint density at radius 2 is 1.94 bits per heavy atom. The van der Waals surface area contributed by atoms with Crippen LogP contribution in [-0.2, 0) is 9.53 Å².